The number of hydrogen-bond acceptors (Lipinski definition) is 9. The van der Waals surface area contributed by atoms with Gasteiger partial charge in [0.1, 0.15) is 18.1 Å². The maximum Gasteiger partial charge on any atom is 1.00 e. The first-order chi connectivity index (χ1) is 43.2. The molecule has 0 bridgehead atoms. The Bertz CT molecular complexity index is 3040. The van der Waals surface area contributed by atoms with Crippen molar-refractivity contribution in [1.29, 1.82) is 0 Å². The molecule has 91 heavy (non-hydrogen) atoms. The quantitative estimate of drug-likeness (QED) is 0.0114. The number of rotatable bonds is 31. The number of phenols is 1. The predicted molar refractivity (Wildman–Crippen MR) is 379 cm³/mol. The Balaban J connectivity index is 0.000000520. The zero-order valence-corrected chi connectivity index (χ0v) is 65.4. The van der Waals surface area contributed by atoms with Crippen molar-refractivity contribution in [2.45, 2.75) is 142 Å². The molecule has 0 unspecified atom stereocenters. The molecule has 9 nitrogen and oxygen atoms in total. The maximum atomic E-state index is 9.98. The van der Waals surface area contributed by atoms with Crippen LogP contribution in [0.3, 0.4) is 0 Å². The molecule has 0 aromatic heterocycles. The van der Waals surface area contributed by atoms with Crippen molar-refractivity contribution >= 4 is 66.8 Å². The molecule has 0 aliphatic rings. The van der Waals surface area contributed by atoms with Gasteiger partial charge in [-0.25, -0.2) is 0 Å². The van der Waals surface area contributed by atoms with Crippen LogP contribution in [0.1, 0.15) is 132 Å². The van der Waals surface area contributed by atoms with E-state index in [1.54, 1.807) is 6.07 Å². The van der Waals surface area contributed by atoms with Crippen LogP contribution in [0.15, 0.2) is 231 Å². The summed E-state index contributed by atoms with van der Waals surface area (Å²) >= 11 is 5.53. The second-order valence-electron chi connectivity index (χ2n) is 24.4. The number of ether oxygens (including phenoxy) is 1. The molecule has 0 saturated carbocycles. The number of alkyl halides is 1. The summed E-state index contributed by atoms with van der Waals surface area (Å²) in [5.41, 5.74) is 4.70. The molecule has 0 fully saturated rings. The Morgan fingerprint density at radius 3 is 1.11 bits per heavy atom. The van der Waals surface area contributed by atoms with E-state index in [9.17, 15) is 5.11 Å². The first-order valence-corrected chi connectivity index (χ1v) is 36.4. The zero-order valence-electron chi connectivity index (χ0n) is 57.4. The second kappa shape index (κ2) is 45.6. The SMILES string of the molecule is CCCCCN(CCCCO[Si](c1ccccc1)(c1ccccc1)C(C)(C)C)c1cccc(O)c1.CCCCCN(CCCCO[Si](c1ccccc1)(c1ccccc1)C(C)(C)C)c1cccc(OCc2ccccc2)c1.ClCc1ccccc1.O=CO[O-].[H-].[K+].[K+]. The van der Waals surface area contributed by atoms with E-state index in [4.69, 9.17) is 35.2 Å². The van der Waals surface area contributed by atoms with Crippen LogP contribution in [0.2, 0.25) is 10.1 Å². The molecule has 0 radical (unpaired) electrons. The average Bonchev–Trinajstić information content (AvgIpc) is 0.791. The Kier molecular flexibility index (Phi) is 40.9. The Labute approximate surface area is 641 Å². The van der Waals surface area contributed by atoms with Crippen LogP contribution in [0.4, 0.5) is 11.4 Å². The van der Waals surface area contributed by atoms with Gasteiger partial charge in [0.15, 0.2) is 0 Å². The minimum Gasteiger partial charge on any atom is -1.00 e. The molecule has 0 aliphatic heterocycles. The smallest absolute Gasteiger partial charge is 1.00 e. The Morgan fingerprint density at radius 2 is 0.791 bits per heavy atom. The third-order valence-corrected chi connectivity index (χ3v) is 26.2. The van der Waals surface area contributed by atoms with Crippen LogP contribution in [-0.2, 0) is 31.0 Å². The topological polar surface area (TPSA) is 104 Å². The van der Waals surface area contributed by atoms with E-state index in [1.807, 2.05) is 48.5 Å². The molecule has 8 rings (SSSR count). The van der Waals surface area contributed by atoms with E-state index >= 15 is 0 Å². The van der Waals surface area contributed by atoms with Crippen molar-refractivity contribution in [2.24, 2.45) is 0 Å². The number of aromatic hydroxyl groups is 1. The Morgan fingerprint density at radius 1 is 0.462 bits per heavy atom. The van der Waals surface area contributed by atoms with Crippen LogP contribution in [0.5, 0.6) is 11.5 Å². The second-order valence-corrected chi connectivity index (χ2v) is 33.3. The van der Waals surface area contributed by atoms with Gasteiger partial charge in [-0.1, -0.05) is 275 Å². The third-order valence-electron chi connectivity index (χ3n) is 15.8. The average molecular weight is 1340 g/mol. The summed E-state index contributed by atoms with van der Waals surface area (Å²) in [6, 6.07) is 80.2. The van der Waals surface area contributed by atoms with E-state index in [0.29, 0.717) is 18.2 Å². The fourth-order valence-corrected chi connectivity index (χ4v) is 20.8. The van der Waals surface area contributed by atoms with Crippen LogP contribution >= 0.6 is 11.6 Å². The summed E-state index contributed by atoms with van der Waals surface area (Å²) in [5.74, 6) is 1.87. The first-order valence-electron chi connectivity index (χ1n) is 32.0. The van der Waals surface area contributed by atoms with Crippen molar-refractivity contribution in [3.63, 3.8) is 0 Å². The molecule has 0 heterocycles. The molecule has 14 heteroatoms. The minimum absolute atomic E-state index is 0. The van der Waals surface area contributed by atoms with Crippen LogP contribution in [0.25, 0.3) is 0 Å². The van der Waals surface area contributed by atoms with Gasteiger partial charge in [0, 0.05) is 68.8 Å². The number of carbonyl (C=O) groups excluding carboxylic acids is 1. The first kappa shape index (κ1) is 81.5. The van der Waals surface area contributed by atoms with Gasteiger partial charge in [0.25, 0.3) is 23.1 Å². The number of halogens is 1. The van der Waals surface area contributed by atoms with Gasteiger partial charge >= 0.3 is 103 Å². The molecule has 1 N–H and O–H groups in total. The maximum absolute atomic E-state index is 9.98. The molecule has 8 aromatic carbocycles. The van der Waals surface area contributed by atoms with Gasteiger partial charge in [0.05, 0.1) is 0 Å². The Hall–Kier alpha value is -3.69. The summed E-state index contributed by atoms with van der Waals surface area (Å²) in [6.07, 6.45) is 11.4. The van der Waals surface area contributed by atoms with E-state index in [0.717, 1.165) is 76.5 Å². The van der Waals surface area contributed by atoms with Crippen LogP contribution < -0.4 is 143 Å². The number of benzene rings is 8. The number of anilines is 2. The van der Waals surface area contributed by atoms with Crippen molar-refractivity contribution in [3.05, 3.63) is 242 Å². The fraction of sp³-hybridized carbons (Fsp3) is 0.364. The van der Waals surface area contributed by atoms with Crippen LogP contribution in [-0.4, -0.2) is 67.6 Å². The molecule has 0 aliphatic carbocycles. The summed E-state index contributed by atoms with van der Waals surface area (Å²) in [5, 5.41) is 23.8. The number of hydrogen-bond donors (Lipinski definition) is 1. The van der Waals surface area contributed by atoms with Crippen molar-refractivity contribution < 1.29 is 138 Å². The molecular weight excluding hydrogens is 1230 g/mol. The summed E-state index contributed by atoms with van der Waals surface area (Å²) < 4.78 is 20.4. The van der Waals surface area contributed by atoms with Crippen molar-refractivity contribution in [3.8, 4) is 11.5 Å². The van der Waals surface area contributed by atoms with E-state index in [2.05, 4.69) is 246 Å². The standard InChI is InChI=1S/C38H49NO2Si.C31H43NO2Si.C7H7Cl.CH2O3.2K.H/c1-5-6-16-28-39(34-22-19-23-35(31-34)40-32-33-20-10-7-11-21-33)29-17-18-30-41-42(38(2,3)4,36-24-12-8-13-25-36)37-26-14-9-15-27-37;1-5-6-13-23-32(27-17-16-18-28(33)26-27)24-14-15-25-34-35(31(2,3)4,29-19-9-7-10-20-29)30-21-11-8-12-22-30;8-6-7-4-2-1-3-5-7;2-1-4-3;;;/h7-15,19-27,31H,5-6,16-18,28-30,32H2,1-4H3;7-12,16-22,26,33H,5-6,13-15,23-25H2,1-4H3;1-5H,6H2;1,3H;;;/q;;;;2*+1;-1/p-1. The molecule has 0 amide bonds. The number of carbonyl (C=O) groups is 1. The van der Waals surface area contributed by atoms with Crippen molar-refractivity contribution in [1.82, 2.24) is 0 Å². The van der Waals surface area contributed by atoms with Gasteiger partial charge < -0.3 is 40.1 Å². The molecule has 478 valence electrons. The van der Waals surface area contributed by atoms with Gasteiger partial charge in [-0.3, -0.25) is 4.79 Å². The van der Waals surface area contributed by atoms with Crippen LogP contribution in [0, 0.1) is 0 Å². The van der Waals surface area contributed by atoms with E-state index in [1.165, 1.54) is 76.1 Å². The summed E-state index contributed by atoms with van der Waals surface area (Å²) in [7, 11) is -4.96. The van der Waals surface area contributed by atoms with Gasteiger partial charge in [-0.05, 0) is 105 Å². The minimum atomic E-state index is -2.49. The van der Waals surface area contributed by atoms with E-state index < -0.39 is 16.6 Å². The molecule has 0 saturated heterocycles. The largest absolute Gasteiger partial charge is 1.00 e. The molecule has 0 atom stereocenters. The predicted octanol–water partition coefficient (Wildman–Crippen LogP) is 10.3. The van der Waals surface area contributed by atoms with E-state index in [-0.39, 0.29) is 121 Å². The fourth-order valence-electron chi connectivity index (χ4n) is 11.4. The monoisotopic (exact) mass is 1330 g/mol. The zero-order chi connectivity index (χ0) is 64.1. The van der Waals surface area contributed by atoms with Gasteiger partial charge in [0.2, 0.25) is 0 Å². The number of nitrogens with zero attached hydrogens (tertiary/aromatic N) is 2. The third kappa shape index (κ3) is 27.2. The summed E-state index contributed by atoms with van der Waals surface area (Å²) in [4.78, 5) is 16.2. The number of unbranched alkanes of at least 4 members (excludes halogenated alkanes) is 6. The molecular formula is C77H101ClK2N2O7Si2. The normalized spacial score (nSPS) is 11.1. The van der Waals surface area contributed by atoms with Crippen molar-refractivity contribution in [2.75, 3.05) is 49.2 Å². The van der Waals surface area contributed by atoms with Gasteiger partial charge in [-0.15, -0.1) is 11.6 Å². The summed E-state index contributed by atoms with van der Waals surface area (Å²) in [6.45, 7) is 24.5. The number of phenolic OH excluding ortho intramolecular Hbond substituents is 1. The molecule has 8 aromatic rings. The molecule has 0 spiro atoms. The van der Waals surface area contributed by atoms with Gasteiger partial charge in [-0.2, -0.15) is 0 Å².